The number of fused-ring (bicyclic) bond motifs is 4. The molecule has 2 N–H and O–H groups in total. The van der Waals surface area contributed by atoms with Crippen LogP contribution in [0.3, 0.4) is 0 Å². The van der Waals surface area contributed by atoms with Crippen LogP contribution in [-0.2, 0) is 34.0 Å². The van der Waals surface area contributed by atoms with Crippen LogP contribution in [0.1, 0.15) is 47.3 Å². The van der Waals surface area contributed by atoms with Gasteiger partial charge in [-0.2, -0.15) is 0 Å². The van der Waals surface area contributed by atoms with Crippen LogP contribution in [0.15, 0.2) is 23.0 Å². The molecule has 2 atom stereocenters. The van der Waals surface area contributed by atoms with Crippen LogP contribution >= 0.6 is 11.6 Å². The molecule has 4 heterocycles. The molecule has 0 bridgehead atoms. The van der Waals surface area contributed by atoms with Gasteiger partial charge in [-0.1, -0.05) is 11.6 Å². The molecule has 2 aromatic heterocycles. The summed E-state index contributed by atoms with van der Waals surface area (Å²) in [6.45, 7) is 4.33. The molecular weight excluding hydrogens is 474 g/mol. The van der Waals surface area contributed by atoms with E-state index in [-0.39, 0.29) is 43.2 Å². The van der Waals surface area contributed by atoms with Gasteiger partial charge in [0.15, 0.2) is 0 Å². The highest BCUT2D eigenvalue weighted by Crippen LogP contribution is 2.39. The van der Waals surface area contributed by atoms with Crippen molar-refractivity contribution in [1.29, 1.82) is 0 Å². The number of benzene rings is 1. The van der Waals surface area contributed by atoms with E-state index in [0.29, 0.717) is 40.5 Å². The summed E-state index contributed by atoms with van der Waals surface area (Å²) < 4.78 is 6.39. The fraction of sp³-hybridized carbons (Fsp3) is 0.360. The zero-order valence-corrected chi connectivity index (χ0v) is 20.0. The number of aliphatic hydroxyl groups is 2. The number of nitrogens with zero attached hydrogens (tertiary/aromatic N) is 3. The molecule has 1 fully saturated rings. The van der Waals surface area contributed by atoms with Gasteiger partial charge in [0.1, 0.15) is 12.7 Å². The standard InChI is InChI=1S/C25H24ClN3O6/c1-12-5-15-16(8-28-4-3-22(32)25(28)34)17-9-29-21(23(17)27-20(15)7-19(12)26)6-14(13(2)31)18(24(29)33)10-35-11-30/h5-7,11,13,22,31-32H,3-4,8-10H2,1-2H3. The fourth-order valence-corrected chi connectivity index (χ4v) is 5.14. The van der Waals surface area contributed by atoms with Crippen molar-refractivity contribution in [2.75, 3.05) is 6.54 Å². The number of hydrogen-bond donors (Lipinski definition) is 2. The van der Waals surface area contributed by atoms with Crippen molar-refractivity contribution >= 4 is 34.9 Å². The maximum Gasteiger partial charge on any atom is 0.293 e. The minimum absolute atomic E-state index is 0.200. The second kappa shape index (κ2) is 8.75. The lowest BCUT2D eigenvalue weighted by atomic mass is 9.98. The molecule has 0 saturated carbocycles. The number of pyridine rings is 2. The first kappa shape index (κ1) is 23.5. The molecule has 1 saturated heterocycles. The summed E-state index contributed by atoms with van der Waals surface area (Å²) in [5.41, 5.74) is 4.38. The van der Waals surface area contributed by atoms with Crippen molar-refractivity contribution in [1.82, 2.24) is 14.5 Å². The van der Waals surface area contributed by atoms with Crippen LogP contribution < -0.4 is 5.56 Å². The van der Waals surface area contributed by atoms with E-state index in [0.717, 1.165) is 22.1 Å². The Labute approximate surface area is 205 Å². The van der Waals surface area contributed by atoms with Gasteiger partial charge in [0.2, 0.25) is 0 Å². The monoisotopic (exact) mass is 497 g/mol. The third kappa shape index (κ3) is 3.80. The lowest BCUT2D eigenvalue weighted by molar-refractivity contribution is -0.135. The molecule has 2 unspecified atom stereocenters. The third-order valence-electron chi connectivity index (χ3n) is 6.84. The molecule has 1 amide bonds. The van der Waals surface area contributed by atoms with Gasteiger partial charge < -0.3 is 24.4 Å². The quantitative estimate of drug-likeness (QED) is 0.391. The molecule has 3 aromatic rings. The van der Waals surface area contributed by atoms with E-state index in [1.54, 1.807) is 21.6 Å². The Bertz CT molecular complexity index is 1450. The number of likely N-dealkylation sites (tertiary alicyclic amines) is 1. The molecule has 2 aliphatic heterocycles. The Kier molecular flexibility index (Phi) is 5.86. The van der Waals surface area contributed by atoms with E-state index in [9.17, 15) is 24.6 Å². The summed E-state index contributed by atoms with van der Waals surface area (Å²) in [7, 11) is 0. The second-order valence-electron chi connectivity index (χ2n) is 9.04. The molecule has 0 aliphatic carbocycles. The van der Waals surface area contributed by atoms with Crippen molar-refractivity contribution < 1.29 is 24.5 Å². The van der Waals surface area contributed by atoms with Gasteiger partial charge in [0, 0.05) is 29.1 Å². The Morgan fingerprint density at radius 3 is 2.71 bits per heavy atom. The van der Waals surface area contributed by atoms with Crippen molar-refractivity contribution in [3.63, 3.8) is 0 Å². The van der Waals surface area contributed by atoms with Gasteiger partial charge in [-0.25, -0.2) is 4.98 Å². The van der Waals surface area contributed by atoms with E-state index in [2.05, 4.69) is 0 Å². The highest BCUT2D eigenvalue weighted by atomic mass is 35.5. The number of halogens is 1. The van der Waals surface area contributed by atoms with Crippen molar-refractivity contribution in [2.45, 2.75) is 52.2 Å². The van der Waals surface area contributed by atoms with Crippen molar-refractivity contribution in [3.8, 4) is 11.4 Å². The normalized spacial score (nSPS) is 17.6. The number of carbonyl (C=O) groups is 2. The van der Waals surface area contributed by atoms with Crippen LogP contribution in [0.25, 0.3) is 22.3 Å². The molecule has 35 heavy (non-hydrogen) atoms. The number of hydrogen-bond acceptors (Lipinski definition) is 7. The fourth-order valence-electron chi connectivity index (χ4n) is 4.99. The van der Waals surface area contributed by atoms with Gasteiger partial charge in [0.05, 0.1) is 35.1 Å². The number of amides is 1. The summed E-state index contributed by atoms with van der Waals surface area (Å²) in [6.07, 6.45) is -1.61. The molecule has 0 spiro atoms. The Morgan fingerprint density at radius 1 is 1.29 bits per heavy atom. The Balaban J connectivity index is 1.74. The highest BCUT2D eigenvalue weighted by Gasteiger charge is 2.33. The summed E-state index contributed by atoms with van der Waals surface area (Å²) in [6, 6.07) is 5.39. The Hall–Kier alpha value is -3.27. The molecule has 10 heteroatoms. The lowest BCUT2D eigenvalue weighted by Gasteiger charge is -2.20. The topological polar surface area (TPSA) is 122 Å². The number of aliphatic hydroxyl groups excluding tert-OH is 2. The van der Waals surface area contributed by atoms with E-state index in [1.807, 2.05) is 13.0 Å². The van der Waals surface area contributed by atoms with E-state index < -0.39 is 12.2 Å². The molecule has 1 aromatic carbocycles. The highest BCUT2D eigenvalue weighted by molar-refractivity contribution is 6.32. The maximum atomic E-state index is 13.4. The Morgan fingerprint density at radius 2 is 2.06 bits per heavy atom. The van der Waals surface area contributed by atoms with Crippen molar-refractivity contribution in [2.24, 2.45) is 0 Å². The average Bonchev–Trinajstić information content (AvgIpc) is 3.34. The van der Waals surface area contributed by atoms with Crippen LogP contribution in [-0.4, -0.2) is 49.7 Å². The zero-order chi connectivity index (χ0) is 25.0. The van der Waals surface area contributed by atoms with Gasteiger partial charge in [-0.05, 0) is 55.2 Å². The predicted octanol–water partition coefficient (Wildman–Crippen LogP) is 2.21. The van der Waals surface area contributed by atoms with Gasteiger partial charge in [-0.3, -0.25) is 14.4 Å². The van der Waals surface area contributed by atoms with Crippen LogP contribution in [0.4, 0.5) is 0 Å². The number of aryl methyl sites for hydroxylation is 1. The number of aromatic nitrogens is 2. The van der Waals surface area contributed by atoms with Crippen LogP contribution in [0.5, 0.6) is 0 Å². The van der Waals surface area contributed by atoms with Gasteiger partial charge in [-0.15, -0.1) is 0 Å². The second-order valence-corrected chi connectivity index (χ2v) is 9.45. The first-order chi connectivity index (χ1) is 16.7. The lowest BCUT2D eigenvalue weighted by Crippen LogP contribution is -2.29. The average molecular weight is 498 g/mol. The summed E-state index contributed by atoms with van der Waals surface area (Å²) in [4.78, 5) is 43.2. The number of carbonyl (C=O) groups excluding carboxylic acids is 2. The SMILES string of the molecule is Cc1cc2c(CN3CCC(O)C3=O)c3c(nc2cc1Cl)-c1cc(C(C)O)c(COC=O)c(=O)n1C3. The first-order valence-electron chi connectivity index (χ1n) is 11.3. The minimum atomic E-state index is -1.01. The molecular formula is C25H24ClN3O6. The van der Waals surface area contributed by atoms with Gasteiger partial charge >= 0.3 is 0 Å². The van der Waals surface area contributed by atoms with E-state index in [4.69, 9.17) is 21.3 Å². The number of rotatable bonds is 6. The smallest absolute Gasteiger partial charge is 0.293 e. The molecule has 5 rings (SSSR count). The molecule has 182 valence electrons. The first-order valence-corrected chi connectivity index (χ1v) is 11.7. The molecule has 2 aliphatic rings. The largest absolute Gasteiger partial charge is 0.463 e. The van der Waals surface area contributed by atoms with Gasteiger partial charge in [0.25, 0.3) is 17.9 Å². The predicted molar refractivity (Wildman–Crippen MR) is 128 cm³/mol. The molecule has 0 radical (unpaired) electrons. The third-order valence-corrected chi connectivity index (χ3v) is 7.25. The minimum Gasteiger partial charge on any atom is -0.463 e. The van der Waals surface area contributed by atoms with Crippen molar-refractivity contribution in [3.05, 3.63) is 61.4 Å². The number of ether oxygens (including phenoxy) is 1. The van der Waals surface area contributed by atoms with E-state index >= 15 is 0 Å². The molecule has 9 nitrogen and oxygen atoms in total. The van der Waals surface area contributed by atoms with Crippen LogP contribution in [0.2, 0.25) is 5.02 Å². The maximum absolute atomic E-state index is 13.4. The van der Waals surface area contributed by atoms with Crippen LogP contribution in [0, 0.1) is 6.92 Å². The summed E-state index contributed by atoms with van der Waals surface area (Å²) >= 11 is 6.40. The summed E-state index contributed by atoms with van der Waals surface area (Å²) in [5.74, 6) is -0.327. The summed E-state index contributed by atoms with van der Waals surface area (Å²) in [5, 5.41) is 21.7. The van der Waals surface area contributed by atoms with E-state index in [1.165, 1.54) is 6.92 Å². The zero-order valence-electron chi connectivity index (χ0n) is 19.2.